The summed E-state index contributed by atoms with van der Waals surface area (Å²) in [6.45, 7) is 16.3. The fraction of sp³-hybridized carbons (Fsp3) is 0.621. The summed E-state index contributed by atoms with van der Waals surface area (Å²) in [5, 5.41) is 0. The normalized spacial score (nSPS) is 15.7. The number of ether oxygens (including phenoxy) is 1. The van der Waals surface area contributed by atoms with Gasteiger partial charge in [0.15, 0.2) is 0 Å². The van der Waals surface area contributed by atoms with Crippen LogP contribution in [-0.4, -0.2) is 54.6 Å². The van der Waals surface area contributed by atoms with Crippen molar-refractivity contribution in [1.82, 2.24) is 14.8 Å². The van der Waals surface area contributed by atoms with Gasteiger partial charge < -0.3 is 9.64 Å². The second-order valence-electron chi connectivity index (χ2n) is 9.48. The molecular formula is C29H45N3O. The van der Waals surface area contributed by atoms with Crippen LogP contribution < -0.4 is 4.74 Å². The molecule has 1 aliphatic heterocycles. The van der Waals surface area contributed by atoms with Gasteiger partial charge in [-0.15, -0.1) is 0 Å². The van der Waals surface area contributed by atoms with E-state index < -0.39 is 0 Å². The third kappa shape index (κ3) is 5.44. The number of nitrogens with zero attached hydrogens (tertiary/aromatic N) is 3. The molecule has 182 valence electrons. The summed E-state index contributed by atoms with van der Waals surface area (Å²) in [7, 11) is 2.23. The molecule has 2 aromatic rings. The van der Waals surface area contributed by atoms with E-state index in [0.29, 0.717) is 6.61 Å². The predicted molar refractivity (Wildman–Crippen MR) is 140 cm³/mol. The van der Waals surface area contributed by atoms with Gasteiger partial charge in [-0.3, -0.25) is 9.88 Å². The summed E-state index contributed by atoms with van der Waals surface area (Å²) >= 11 is 0. The fourth-order valence-electron chi connectivity index (χ4n) is 5.71. The van der Waals surface area contributed by atoms with Crippen LogP contribution in [0.3, 0.4) is 0 Å². The molecule has 1 fully saturated rings. The third-order valence-electron chi connectivity index (χ3n) is 7.36. The van der Waals surface area contributed by atoms with Crippen molar-refractivity contribution in [2.75, 3.05) is 39.8 Å². The number of rotatable bonds is 11. The largest absolute Gasteiger partial charge is 0.493 e. The summed E-state index contributed by atoms with van der Waals surface area (Å²) in [5.74, 6) is 1.02. The Morgan fingerprint density at radius 1 is 0.909 bits per heavy atom. The first-order valence-corrected chi connectivity index (χ1v) is 13.2. The lowest BCUT2D eigenvalue weighted by molar-refractivity contribution is 0.0206. The second-order valence-corrected chi connectivity index (χ2v) is 9.48. The lowest BCUT2D eigenvalue weighted by atomic mass is 9.79. The molecule has 3 rings (SSSR count). The van der Waals surface area contributed by atoms with Crippen molar-refractivity contribution in [2.24, 2.45) is 0 Å². The van der Waals surface area contributed by atoms with Crippen LogP contribution in [-0.2, 0) is 18.4 Å². The smallest absolute Gasteiger partial charge is 0.128 e. The van der Waals surface area contributed by atoms with Gasteiger partial charge in [-0.25, -0.2) is 0 Å². The Balaban J connectivity index is 2.16. The van der Waals surface area contributed by atoms with Crippen molar-refractivity contribution in [3.05, 3.63) is 47.2 Å². The molecule has 0 bridgehead atoms. The molecule has 0 unspecified atom stereocenters. The number of likely N-dealkylation sites (N-methyl/N-ethyl adjacent to an activating group) is 1. The molecule has 4 heteroatoms. The Bertz CT molecular complexity index is 858. The highest BCUT2D eigenvalue weighted by Gasteiger charge is 2.40. The minimum absolute atomic E-state index is 0.0152. The third-order valence-corrected chi connectivity index (χ3v) is 7.36. The first-order valence-electron chi connectivity index (χ1n) is 13.2. The van der Waals surface area contributed by atoms with Gasteiger partial charge in [-0.1, -0.05) is 58.7 Å². The van der Waals surface area contributed by atoms with E-state index in [4.69, 9.17) is 9.72 Å². The van der Waals surface area contributed by atoms with Crippen molar-refractivity contribution in [2.45, 2.75) is 78.7 Å². The second kappa shape index (κ2) is 12.0. The summed E-state index contributed by atoms with van der Waals surface area (Å²) < 4.78 is 6.38. The zero-order valence-electron chi connectivity index (χ0n) is 21.9. The minimum atomic E-state index is -0.0152. The number of aryl methyl sites for hydroxylation is 2. The summed E-state index contributed by atoms with van der Waals surface area (Å²) in [4.78, 5) is 10.3. The average Bonchev–Trinajstić information content (AvgIpc) is 2.84. The fourth-order valence-corrected chi connectivity index (χ4v) is 5.71. The van der Waals surface area contributed by atoms with Crippen LogP contribution in [0.25, 0.3) is 11.3 Å². The standard InChI is InChI=1S/C29H45N3O/c1-7-15-29(16-8-2,32-19-17-31(6)18-20-32)25-22-30-26(21-27(25)33-11-5)28-23(9-3)13-12-14-24(28)10-4/h12-14,21-22H,7-11,15-20H2,1-6H3. The molecule has 1 saturated heterocycles. The Kier molecular flexibility index (Phi) is 9.34. The van der Waals surface area contributed by atoms with Gasteiger partial charge in [0.05, 0.1) is 17.8 Å². The van der Waals surface area contributed by atoms with Gasteiger partial charge in [0.1, 0.15) is 5.75 Å². The van der Waals surface area contributed by atoms with Gasteiger partial charge >= 0.3 is 0 Å². The number of pyridine rings is 1. The number of benzene rings is 1. The SMILES string of the molecule is CCCC(CCC)(c1cnc(-c2c(CC)cccc2CC)cc1OCC)N1CCN(C)CC1. The first kappa shape index (κ1) is 25.7. The van der Waals surface area contributed by atoms with Crippen LogP contribution in [0.4, 0.5) is 0 Å². The maximum Gasteiger partial charge on any atom is 0.128 e. The van der Waals surface area contributed by atoms with Gasteiger partial charge in [0.25, 0.3) is 0 Å². The van der Waals surface area contributed by atoms with Crippen molar-refractivity contribution in [3.63, 3.8) is 0 Å². The van der Waals surface area contributed by atoms with Crippen molar-refractivity contribution >= 4 is 0 Å². The minimum Gasteiger partial charge on any atom is -0.493 e. The Morgan fingerprint density at radius 2 is 1.52 bits per heavy atom. The molecular weight excluding hydrogens is 406 g/mol. The lowest BCUT2D eigenvalue weighted by Gasteiger charge is -2.48. The van der Waals surface area contributed by atoms with E-state index in [-0.39, 0.29) is 5.54 Å². The number of aromatic nitrogens is 1. The molecule has 0 aliphatic carbocycles. The zero-order valence-corrected chi connectivity index (χ0v) is 21.9. The highest BCUT2D eigenvalue weighted by molar-refractivity contribution is 5.70. The molecule has 1 aromatic heterocycles. The average molecular weight is 452 g/mol. The molecule has 1 aliphatic rings. The number of hydrogen-bond acceptors (Lipinski definition) is 4. The highest BCUT2D eigenvalue weighted by atomic mass is 16.5. The Morgan fingerprint density at radius 3 is 2.03 bits per heavy atom. The summed E-state index contributed by atoms with van der Waals surface area (Å²) in [5.41, 5.74) is 6.35. The quantitative estimate of drug-likeness (QED) is 0.400. The van der Waals surface area contributed by atoms with Gasteiger partial charge in [-0.2, -0.15) is 0 Å². The van der Waals surface area contributed by atoms with Crippen LogP contribution >= 0.6 is 0 Å². The maximum atomic E-state index is 6.38. The molecule has 4 nitrogen and oxygen atoms in total. The molecule has 2 heterocycles. The molecule has 33 heavy (non-hydrogen) atoms. The molecule has 0 radical (unpaired) electrons. The van der Waals surface area contributed by atoms with Crippen molar-refractivity contribution in [3.8, 4) is 17.0 Å². The monoisotopic (exact) mass is 451 g/mol. The van der Waals surface area contributed by atoms with Crippen LogP contribution in [0.15, 0.2) is 30.5 Å². The van der Waals surface area contributed by atoms with Crippen LogP contribution in [0.2, 0.25) is 0 Å². The molecule has 0 amide bonds. The van der Waals surface area contributed by atoms with E-state index in [0.717, 1.165) is 76.1 Å². The van der Waals surface area contributed by atoms with Crippen molar-refractivity contribution < 1.29 is 4.74 Å². The Labute approximate surface area is 202 Å². The zero-order chi connectivity index (χ0) is 23.8. The summed E-state index contributed by atoms with van der Waals surface area (Å²) in [6.07, 6.45) is 8.75. The topological polar surface area (TPSA) is 28.6 Å². The molecule has 0 spiro atoms. The molecule has 1 aromatic carbocycles. The number of piperazine rings is 1. The predicted octanol–water partition coefficient (Wildman–Crippen LogP) is 6.32. The Hall–Kier alpha value is -1.91. The lowest BCUT2D eigenvalue weighted by Crippen LogP contribution is -2.55. The van der Waals surface area contributed by atoms with Crippen LogP contribution in [0, 0.1) is 0 Å². The first-order chi connectivity index (χ1) is 16.0. The van der Waals surface area contributed by atoms with E-state index in [1.165, 1.54) is 22.3 Å². The van der Waals surface area contributed by atoms with Gasteiger partial charge in [-0.05, 0) is 50.8 Å². The van der Waals surface area contributed by atoms with Crippen LogP contribution in [0.1, 0.15) is 77.0 Å². The van der Waals surface area contributed by atoms with E-state index in [2.05, 4.69) is 81.9 Å². The molecule has 0 atom stereocenters. The molecule has 0 saturated carbocycles. The van der Waals surface area contributed by atoms with Crippen molar-refractivity contribution in [1.29, 1.82) is 0 Å². The van der Waals surface area contributed by atoms with E-state index in [1.807, 2.05) is 0 Å². The summed E-state index contributed by atoms with van der Waals surface area (Å²) in [6, 6.07) is 8.91. The van der Waals surface area contributed by atoms with Crippen LogP contribution in [0.5, 0.6) is 5.75 Å². The maximum absolute atomic E-state index is 6.38. The number of hydrogen-bond donors (Lipinski definition) is 0. The van der Waals surface area contributed by atoms with E-state index in [1.54, 1.807) is 0 Å². The molecule has 0 N–H and O–H groups in total. The van der Waals surface area contributed by atoms with E-state index >= 15 is 0 Å². The highest BCUT2D eigenvalue weighted by Crippen LogP contribution is 2.44. The van der Waals surface area contributed by atoms with E-state index in [9.17, 15) is 0 Å². The van der Waals surface area contributed by atoms with Gasteiger partial charge in [0.2, 0.25) is 0 Å². The van der Waals surface area contributed by atoms with Gasteiger partial charge in [0, 0.05) is 49.6 Å².